The SMILES string of the molecule is CC/C=C\CCC(C)C(=O)O.CCC(=O)O. The van der Waals surface area contributed by atoms with Gasteiger partial charge in [-0.25, -0.2) is 0 Å². The predicted octanol–water partition coefficient (Wildman–Crippen LogP) is 2.93. The van der Waals surface area contributed by atoms with E-state index in [1.807, 2.05) is 6.08 Å². The van der Waals surface area contributed by atoms with Gasteiger partial charge in [-0.2, -0.15) is 0 Å². The summed E-state index contributed by atoms with van der Waals surface area (Å²) >= 11 is 0. The summed E-state index contributed by atoms with van der Waals surface area (Å²) in [6.07, 6.45) is 6.97. The molecule has 0 aliphatic rings. The lowest BCUT2D eigenvalue weighted by Crippen LogP contribution is -2.08. The third kappa shape index (κ3) is 15.2. The van der Waals surface area contributed by atoms with Crippen LogP contribution in [0.2, 0.25) is 0 Å². The van der Waals surface area contributed by atoms with Gasteiger partial charge in [0.1, 0.15) is 0 Å². The zero-order chi connectivity index (χ0) is 13.0. The average Bonchev–Trinajstić information content (AvgIpc) is 2.24. The van der Waals surface area contributed by atoms with Gasteiger partial charge in [-0.3, -0.25) is 9.59 Å². The van der Waals surface area contributed by atoms with E-state index in [1.54, 1.807) is 13.8 Å². The summed E-state index contributed by atoms with van der Waals surface area (Å²) < 4.78 is 0. The molecule has 16 heavy (non-hydrogen) atoms. The largest absolute Gasteiger partial charge is 0.481 e. The molecule has 2 N–H and O–H groups in total. The lowest BCUT2D eigenvalue weighted by Gasteiger charge is -2.01. The van der Waals surface area contributed by atoms with Crippen LogP contribution in [-0.4, -0.2) is 22.2 Å². The molecule has 1 unspecified atom stereocenters. The number of hydrogen-bond donors (Lipinski definition) is 2. The van der Waals surface area contributed by atoms with E-state index in [0.29, 0.717) is 0 Å². The van der Waals surface area contributed by atoms with Crippen LogP contribution >= 0.6 is 0 Å². The Bertz CT molecular complexity index is 221. The number of carboxylic acids is 2. The fourth-order valence-corrected chi connectivity index (χ4v) is 0.754. The van der Waals surface area contributed by atoms with Crippen LogP contribution in [0.5, 0.6) is 0 Å². The van der Waals surface area contributed by atoms with E-state index in [2.05, 4.69) is 13.0 Å². The van der Waals surface area contributed by atoms with Crippen LogP contribution in [0.4, 0.5) is 0 Å². The van der Waals surface area contributed by atoms with Crippen molar-refractivity contribution < 1.29 is 19.8 Å². The van der Waals surface area contributed by atoms with Crippen LogP contribution in [0.3, 0.4) is 0 Å². The van der Waals surface area contributed by atoms with Crippen molar-refractivity contribution in [2.24, 2.45) is 5.92 Å². The van der Waals surface area contributed by atoms with Crippen molar-refractivity contribution in [2.45, 2.75) is 46.5 Å². The molecule has 0 aromatic rings. The second kappa shape index (κ2) is 11.8. The Hall–Kier alpha value is -1.32. The summed E-state index contributed by atoms with van der Waals surface area (Å²) in [4.78, 5) is 19.7. The maximum Gasteiger partial charge on any atom is 0.306 e. The van der Waals surface area contributed by atoms with Crippen LogP contribution in [-0.2, 0) is 9.59 Å². The highest BCUT2D eigenvalue weighted by atomic mass is 16.4. The summed E-state index contributed by atoms with van der Waals surface area (Å²) in [5.74, 6) is -1.66. The predicted molar refractivity (Wildman–Crippen MR) is 63.4 cm³/mol. The van der Waals surface area contributed by atoms with Gasteiger partial charge in [0, 0.05) is 6.42 Å². The van der Waals surface area contributed by atoms with Gasteiger partial charge in [0.2, 0.25) is 0 Å². The Labute approximate surface area is 97.0 Å². The molecule has 0 aliphatic heterocycles. The van der Waals surface area contributed by atoms with E-state index in [-0.39, 0.29) is 12.3 Å². The van der Waals surface area contributed by atoms with E-state index < -0.39 is 11.9 Å². The minimum absolute atomic E-state index is 0.212. The van der Waals surface area contributed by atoms with Crippen LogP contribution < -0.4 is 0 Å². The number of rotatable bonds is 6. The Morgan fingerprint density at radius 2 is 1.69 bits per heavy atom. The summed E-state index contributed by atoms with van der Waals surface area (Å²) in [5.41, 5.74) is 0. The van der Waals surface area contributed by atoms with E-state index in [0.717, 1.165) is 19.3 Å². The Balaban J connectivity index is 0. The molecule has 0 bridgehead atoms. The van der Waals surface area contributed by atoms with Crippen molar-refractivity contribution in [1.29, 1.82) is 0 Å². The van der Waals surface area contributed by atoms with Crippen molar-refractivity contribution in [3.8, 4) is 0 Å². The molecule has 0 amide bonds. The highest BCUT2D eigenvalue weighted by molar-refractivity contribution is 5.69. The van der Waals surface area contributed by atoms with Gasteiger partial charge in [-0.15, -0.1) is 0 Å². The Morgan fingerprint density at radius 3 is 2.00 bits per heavy atom. The molecule has 0 radical (unpaired) electrons. The Morgan fingerprint density at radius 1 is 1.19 bits per heavy atom. The first-order chi connectivity index (χ1) is 7.45. The zero-order valence-corrected chi connectivity index (χ0v) is 10.3. The molecule has 94 valence electrons. The first-order valence-electron chi connectivity index (χ1n) is 5.55. The van der Waals surface area contributed by atoms with Crippen LogP contribution in [0, 0.1) is 5.92 Å². The number of carbonyl (C=O) groups is 2. The molecule has 0 aromatic carbocycles. The highest BCUT2D eigenvalue weighted by Gasteiger charge is 2.07. The first kappa shape index (κ1) is 17.1. The maximum atomic E-state index is 10.3. The molecular weight excluding hydrogens is 208 g/mol. The number of allylic oxidation sites excluding steroid dienone is 2. The molecule has 0 aromatic heterocycles. The van der Waals surface area contributed by atoms with Gasteiger partial charge in [0.25, 0.3) is 0 Å². The average molecular weight is 230 g/mol. The lowest BCUT2D eigenvalue weighted by molar-refractivity contribution is -0.141. The normalized spacial score (nSPS) is 11.7. The fraction of sp³-hybridized carbons (Fsp3) is 0.667. The lowest BCUT2D eigenvalue weighted by atomic mass is 10.1. The summed E-state index contributed by atoms with van der Waals surface area (Å²) in [6, 6.07) is 0. The van der Waals surface area contributed by atoms with Gasteiger partial charge in [-0.05, 0) is 19.3 Å². The first-order valence-corrected chi connectivity index (χ1v) is 5.55. The third-order valence-corrected chi connectivity index (χ3v) is 1.89. The number of carboxylic acid groups (broad SMARTS) is 2. The van der Waals surface area contributed by atoms with Crippen LogP contribution in [0.15, 0.2) is 12.2 Å². The van der Waals surface area contributed by atoms with Crippen molar-refractivity contribution in [3.63, 3.8) is 0 Å². The van der Waals surface area contributed by atoms with Crippen molar-refractivity contribution in [1.82, 2.24) is 0 Å². The molecule has 0 saturated carbocycles. The van der Waals surface area contributed by atoms with Crippen molar-refractivity contribution in [2.75, 3.05) is 0 Å². The second-order valence-corrected chi connectivity index (χ2v) is 3.44. The van der Waals surface area contributed by atoms with E-state index in [1.165, 1.54) is 0 Å². The van der Waals surface area contributed by atoms with Gasteiger partial charge < -0.3 is 10.2 Å². The standard InChI is InChI=1S/C9H16O2.C3H6O2/c1-3-4-5-6-7-8(2)9(10)11;1-2-3(4)5/h4-5,8H,3,6-7H2,1-2H3,(H,10,11);2H2,1H3,(H,4,5)/b5-4-;. The summed E-state index contributed by atoms with van der Waals surface area (Å²) in [6.45, 7) is 5.40. The molecule has 0 spiro atoms. The van der Waals surface area contributed by atoms with E-state index >= 15 is 0 Å². The van der Waals surface area contributed by atoms with Crippen molar-refractivity contribution in [3.05, 3.63) is 12.2 Å². The summed E-state index contributed by atoms with van der Waals surface area (Å²) in [5, 5.41) is 16.2. The highest BCUT2D eigenvalue weighted by Crippen LogP contribution is 2.05. The monoisotopic (exact) mass is 230 g/mol. The van der Waals surface area contributed by atoms with Crippen LogP contribution in [0.1, 0.15) is 46.5 Å². The molecule has 4 nitrogen and oxygen atoms in total. The molecule has 0 saturated heterocycles. The van der Waals surface area contributed by atoms with Gasteiger partial charge in [-0.1, -0.05) is 32.9 Å². The Kier molecular flexibility index (Phi) is 12.6. The van der Waals surface area contributed by atoms with Crippen LogP contribution in [0.25, 0.3) is 0 Å². The molecule has 0 heterocycles. The van der Waals surface area contributed by atoms with Gasteiger partial charge in [0.05, 0.1) is 5.92 Å². The molecule has 0 aliphatic carbocycles. The quantitative estimate of drug-likeness (QED) is 0.688. The number of hydrogen-bond acceptors (Lipinski definition) is 2. The fourth-order valence-electron chi connectivity index (χ4n) is 0.754. The topological polar surface area (TPSA) is 74.6 Å². The molecular formula is C12H22O4. The van der Waals surface area contributed by atoms with Gasteiger partial charge in [0.15, 0.2) is 0 Å². The van der Waals surface area contributed by atoms with Gasteiger partial charge >= 0.3 is 11.9 Å². The third-order valence-electron chi connectivity index (χ3n) is 1.89. The number of aliphatic carboxylic acids is 2. The maximum absolute atomic E-state index is 10.3. The van der Waals surface area contributed by atoms with E-state index in [4.69, 9.17) is 10.2 Å². The smallest absolute Gasteiger partial charge is 0.306 e. The minimum atomic E-state index is -0.745. The second-order valence-electron chi connectivity index (χ2n) is 3.44. The van der Waals surface area contributed by atoms with E-state index in [9.17, 15) is 9.59 Å². The minimum Gasteiger partial charge on any atom is -0.481 e. The summed E-state index contributed by atoms with van der Waals surface area (Å²) in [7, 11) is 0. The molecule has 0 rings (SSSR count). The zero-order valence-electron chi connectivity index (χ0n) is 10.3. The molecule has 1 atom stereocenters. The van der Waals surface area contributed by atoms with Crippen molar-refractivity contribution >= 4 is 11.9 Å². The molecule has 0 fully saturated rings. The molecule has 4 heteroatoms.